The molecule has 2 rings (SSSR count). The number of nitro benzene ring substituents is 1. The zero-order chi connectivity index (χ0) is 16.5. The third-order valence-electron chi connectivity index (χ3n) is 3.14. The van der Waals surface area contributed by atoms with E-state index in [2.05, 4.69) is 0 Å². The Kier molecular flexibility index (Phi) is 4.18. The molecule has 0 saturated heterocycles. The molecule has 0 radical (unpaired) electrons. The first-order chi connectivity index (χ1) is 10.3. The van der Waals surface area contributed by atoms with E-state index in [4.69, 9.17) is 4.74 Å². The van der Waals surface area contributed by atoms with Crippen LogP contribution >= 0.6 is 0 Å². The van der Waals surface area contributed by atoms with Gasteiger partial charge in [0.05, 0.1) is 23.0 Å². The van der Waals surface area contributed by atoms with E-state index in [0.29, 0.717) is 5.57 Å². The Morgan fingerprint density at radius 1 is 1.36 bits per heavy atom. The molecular formula is C13H14N2O6S. The molecule has 1 aliphatic heterocycles. The van der Waals surface area contributed by atoms with E-state index in [1.165, 1.54) is 0 Å². The van der Waals surface area contributed by atoms with Crippen molar-refractivity contribution < 1.29 is 22.9 Å². The molecule has 1 aromatic carbocycles. The molecule has 0 atom stereocenters. The van der Waals surface area contributed by atoms with Crippen LogP contribution in [0.25, 0.3) is 0 Å². The molecule has 22 heavy (non-hydrogen) atoms. The lowest BCUT2D eigenvalue weighted by atomic mass is 10.1. The Balaban J connectivity index is 2.32. The van der Waals surface area contributed by atoms with Gasteiger partial charge in [-0.25, -0.2) is 13.2 Å². The van der Waals surface area contributed by atoms with Crippen LogP contribution in [0.2, 0.25) is 0 Å². The number of rotatable bonds is 5. The number of sulfonamides is 1. The van der Waals surface area contributed by atoms with Crippen LogP contribution in [-0.2, 0) is 19.6 Å². The fourth-order valence-corrected chi connectivity index (χ4v) is 3.61. The number of hydrogen-bond donors (Lipinski definition) is 0. The molecule has 0 unspecified atom stereocenters. The summed E-state index contributed by atoms with van der Waals surface area (Å²) in [6.45, 7) is 3.50. The van der Waals surface area contributed by atoms with Gasteiger partial charge >= 0.3 is 5.97 Å². The standard InChI is InChI=1S/C13H14N2O6S/c1-3-21-13(16)12-9(2)8-14(12)22(19,20)11-6-4-10(5-7-11)15(17)18/h4-7H,3,8H2,1-2H3. The molecule has 0 fully saturated rings. The van der Waals surface area contributed by atoms with E-state index >= 15 is 0 Å². The number of hydrogen-bond acceptors (Lipinski definition) is 6. The smallest absolute Gasteiger partial charge is 0.355 e. The second-order valence-corrected chi connectivity index (χ2v) is 6.47. The van der Waals surface area contributed by atoms with E-state index < -0.39 is 20.9 Å². The number of nitro groups is 1. The number of ether oxygens (including phenoxy) is 1. The first-order valence-corrected chi connectivity index (χ1v) is 7.87. The lowest BCUT2D eigenvalue weighted by Crippen LogP contribution is -2.44. The van der Waals surface area contributed by atoms with Crippen molar-refractivity contribution in [1.82, 2.24) is 4.31 Å². The van der Waals surface area contributed by atoms with Crippen LogP contribution in [0.3, 0.4) is 0 Å². The van der Waals surface area contributed by atoms with Crippen molar-refractivity contribution in [2.45, 2.75) is 18.7 Å². The van der Waals surface area contributed by atoms with Gasteiger partial charge in [-0.2, -0.15) is 0 Å². The van der Waals surface area contributed by atoms with Gasteiger partial charge in [0.15, 0.2) is 0 Å². The molecule has 8 nitrogen and oxygen atoms in total. The van der Waals surface area contributed by atoms with Crippen LogP contribution in [0.5, 0.6) is 0 Å². The molecule has 0 aliphatic carbocycles. The molecule has 0 bridgehead atoms. The largest absolute Gasteiger partial charge is 0.461 e. The van der Waals surface area contributed by atoms with Crippen molar-refractivity contribution in [3.8, 4) is 0 Å². The molecule has 118 valence electrons. The summed E-state index contributed by atoms with van der Waals surface area (Å²) >= 11 is 0. The topological polar surface area (TPSA) is 107 Å². The third kappa shape index (κ3) is 2.67. The quantitative estimate of drug-likeness (QED) is 0.460. The summed E-state index contributed by atoms with van der Waals surface area (Å²) in [4.78, 5) is 21.7. The van der Waals surface area contributed by atoms with Crippen molar-refractivity contribution in [2.24, 2.45) is 0 Å². The van der Waals surface area contributed by atoms with Gasteiger partial charge in [0.2, 0.25) is 0 Å². The van der Waals surface area contributed by atoms with E-state index in [0.717, 1.165) is 28.6 Å². The molecule has 0 amide bonds. The Bertz CT molecular complexity index is 751. The summed E-state index contributed by atoms with van der Waals surface area (Å²) in [7, 11) is -3.94. The molecule has 0 spiro atoms. The first-order valence-electron chi connectivity index (χ1n) is 6.43. The van der Waals surface area contributed by atoms with Gasteiger partial charge in [-0.3, -0.25) is 14.4 Å². The minimum absolute atomic E-state index is 0.000188. The summed E-state index contributed by atoms with van der Waals surface area (Å²) in [6, 6.07) is 4.49. The number of carbonyl (C=O) groups is 1. The fourth-order valence-electron chi connectivity index (χ4n) is 2.04. The van der Waals surface area contributed by atoms with Crippen molar-refractivity contribution in [3.63, 3.8) is 0 Å². The minimum Gasteiger partial charge on any atom is -0.461 e. The second kappa shape index (κ2) is 5.76. The number of esters is 1. The van der Waals surface area contributed by atoms with Crippen LogP contribution in [0.4, 0.5) is 5.69 Å². The van der Waals surface area contributed by atoms with E-state index in [1.54, 1.807) is 13.8 Å². The van der Waals surface area contributed by atoms with E-state index in [1.807, 2.05) is 0 Å². The molecule has 0 saturated carbocycles. The molecular weight excluding hydrogens is 312 g/mol. The minimum atomic E-state index is -3.94. The third-order valence-corrected chi connectivity index (χ3v) is 4.90. The van der Waals surface area contributed by atoms with Gasteiger partial charge in [-0.1, -0.05) is 0 Å². The van der Waals surface area contributed by atoms with Crippen molar-refractivity contribution in [2.75, 3.05) is 13.2 Å². The highest BCUT2D eigenvalue weighted by Crippen LogP contribution is 2.31. The highest BCUT2D eigenvalue weighted by atomic mass is 32.2. The molecule has 0 aromatic heterocycles. The number of nitrogens with zero attached hydrogens (tertiary/aromatic N) is 2. The predicted molar refractivity (Wildman–Crippen MR) is 76.3 cm³/mol. The predicted octanol–water partition coefficient (Wildman–Crippen LogP) is 1.44. The van der Waals surface area contributed by atoms with Gasteiger partial charge in [0.25, 0.3) is 15.7 Å². The van der Waals surface area contributed by atoms with Crippen LogP contribution < -0.4 is 0 Å². The molecule has 1 heterocycles. The number of benzene rings is 1. The normalized spacial score (nSPS) is 14.5. The Hall–Kier alpha value is -2.42. The average molecular weight is 326 g/mol. The summed E-state index contributed by atoms with van der Waals surface area (Å²) in [5.41, 5.74) is 0.407. The zero-order valence-electron chi connectivity index (χ0n) is 12.0. The monoisotopic (exact) mass is 326 g/mol. The van der Waals surface area contributed by atoms with Crippen LogP contribution in [0.15, 0.2) is 40.4 Å². The lowest BCUT2D eigenvalue weighted by molar-refractivity contribution is -0.384. The zero-order valence-corrected chi connectivity index (χ0v) is 12.8. The maximum atomic E-state index is 12.5. The molecule has 0 N–H and O–H groups in total. The van der Waals surface area contributed by atoms with Crippen LogP contribution in [-0.4, -0.2) is 36.8 Å². The summed E-state index contributed by atoms with van der Waals surface area (Å²) in [5, 5.41) is 10.6. The average Bonchev–Trinajstić information content (AvgIpc) is 2.44. The van der Waals surface area contributed by atoms with Crippen LogP contribution in [0.1, 0.15) is 13.8 Å². The number of carbonyl (C=O) groups excluding carboxylic acids is 1. The molecule has 1 aromatic rings. The fraction of sp³-hybridized carbons (Fsp3) is 0.308. The lowest BCUT2D eigenvalue weighted by Gasteiger charge is -2.34. The van der Waals surface area contributed by atoms with E-state index in [-0.39, 0.29) is 29.4 Å². The second-order valence-electron chi connectivity index (χ2n) is 4.61. The molecule has 9 heteroatoms. The maximum absolute atomic E-state index is 12.5. The van der Waals surface area contributed by atoms with Gasteiger partial charge in [-0.15, -0.1) is 0 Å². The van der Waals surface area contributed by atoms with Crippen molar-refractivity contribution >= 4 is 21.7 Å². The Morgan fingerprint density at radius 3 is 2.41 bits per heavy atom. The first kappa shape index (κ1) is 16.0. The Labute approximate surface area is 127 Å². The Morgan fingerprint density at radius 2 is 1.95 bits per heavy atom. The summed E-state index contributed by atoms with van der Waals surface area (Å²) in [6.07, 6.45) is 0. The SMILES string of the molecule is CCOC(=O)C1=C(C)CN1S(=O)(=O)c1ccc([N+](=O)[O-])cc1. The maximum Gasteiger partial charge on any atom is 0.355 e. The van der Waals surface area contributed by atoms with Gasteiger partial charge in [-0.05, 0) is 31.6 Å². The summed E-state index contributed by atoms with van der Waals surface area (Å²) in [5.74, 6) is -0.697. The van der Waals surface area contributed by atoms with Gasteiger partial charge in [0, 0.05) is 12.1 Å². The van der Waals surface area contributed by atoms with Crippen molar-refractivity contribution in [1.29, 1.82) is 0 Å². The molecule has 1 aliphatic rings. The van der Waals surface area contributed by atoms with Gasteiger partial charge < -0.3 is 4.74 Å². The van der Waals surface area contributed by atoms with E-state index in [9.17, 15) is 23.3 Å². The summed E-state index contributed by atoms with van der Waals surface area (Å²) < 4.78 is 30.7. The van der Waals surface area contributed by atoms with Gasteiger partial charge in [0.1, 0.15) is 5.70 Å². The number of non-ortho nitro benzene ring substituents is 1. The van der Waals surface area contributed by atoms with Crippen LogP contribution in [0, 0.1) is 10.1 Å². The highest BCUT2D eigenvalue weighted by Gasteiger charge is 2.39. The van der Waals surface area contributed by atoms with Crippen molar-refractivity contribution in [3.05, 3.63) is 45.6 Å². The highest BCUT2D eigenvalue weighted by molar-refractivity contribution is 7.89.